The molecule has 0 aliphatic heterocycles. The van der Waals surface area contributed by atoms with Crippen LogP contribution in [-0.4, -0.2) is 12.8 Å². The van der Waals surface area contributed by atoms with Gasteiger partial charge in [-0.2, -0.15) is 0 Å². The molecule has 0 aromatic rings. The fraction of sp³-hybridized carbons (Fsp3) is 0.750. The van der Waals surface area contributed by atoms with Crippen molar-refractivity contribution in [3.8, 4) is 0 Å². The second kappa shape index (κ2) is 5.95. The summed E-state index contributed by atoms with van der Waals surface area (Å²) in [5.41, 5.74) is 1.44. The predicted octanol–water partition coefficient (Wildman–Crippen LogP) is 3.70. The molecule has 0 rings (SSSR count). The zero-order valence-electron chi connectivity index (χ0n) is 9.67. The summed E-state index contributed by atoms with van der Waals surface area (Å²) in [6.07, 6.45) is 3.39. The first kappa shape index (κ1) is 12.4. The Bertz CT molecular complexity index is 180. The summed E-state index contributed by atoms with van der Waals surface area (Å²) in [7, 11) is 0. The molecule has 0 aliphatic rings. The fourth-order valence-corrected chi connectivity index (χ4v) is 1.46. The Balaban J connectivity index is 4.60. The van der Waals surface area contributed by atoms with Crippen LogP contribution in [0.3, 0.4) is 0 Å². The smallest absolute Gasteiger partial charge is 0.0676 e. The van der Waals surface area contributed by atoms with Gasteiger partial charge in [-0.1, -0.05) is 33.8 Å². The van der Waals surface area contributed by atoms with E-state index in [4.69, 9.17) is 0 Å². The van der Waals surface area contributed by atoms with E-state index in [-0.39, 0.29) is 6.04 Å². The van der Waals surface area contributed by atoms with E-state index < -0.39 is 0 Å². The molecule has 2 atom stereocenters. The highest BCUT2D eigenvalue weighted by molar-refractivity contribution is 5.28. The second-order valence-electron chi connectivity index (χ2n) is 4.00. The molecule has 76 valence electrons. The number of hydrogen-bond acceptors (Lipinski definition) is 1. The first-order valence-corrected chi connectivity index (χ1v) is 5.20. The molecule has 0 saturated carbocycles. The Labute approximate surface area is 83.0 Å². The molecule has 0 heterocycles. The van der Waals surface area contributed by atoms with E-state index >= 15 is 0 Å². The van der Waals surface area contributed by atoms with Crippen molar-refractivity contribution in [2.75, 3.05) is 0 Å². The van der Waals surface area contributed by atoms with Crippen LogP contribution in [0.25, 0.3) is 0 Å². The molecule has 0 aliphatic carbocycles. The van der Waals surface area contributed by atoms with Gasteiger partial charge in [-0.3, -0.25) is 4.99 Å². The van der Waals surface area contributed by atoms with Crippen LogP contribution in [0.2, 0.25) is 0 Å². The molecule has 0 amide bonds. The summed E-state index contributed by atoms with van der Waals surface area (Å²) in [4.78, 5) is 4.09. The molecular weight excluding hydrogens is 158 g/mol. The van der Waals surface area contributed by atoms with Crippen molar-refractivity contribution in [2.45, 2.75) is 47.1 Å². The highest BCUT2D eigenvalue weighted by atomic mass is 14.7. The molecule has 0 radical (unpaired) electrons. The summed E-state index contributed by atoms with van der Waals surface area (Å²) in [5, 5.41) is 0. The SMILES string of the molecule is C=N[C@H](C)/C(=C/CC)C(C)C(C)C. The third kappa shape index (κ3) is 3.75. The molecule has 0 spiro atoms. The van der Waals surface area contributed by atoms with Crippen molar-refractivity contribution in [1.29, 1.82) is 0 Å². The van der Waals surface area contributed by atoms with E-state index in [0.717, 1.165) is 6.42 Å². The monoisotopic (exact) mass is 181 g/mol. The van der Waals surface area contributed by atoms with Crippen molar-refractivity contribution >= 4 is 6.72 Å². The van der Waals surface area contributed by atoms with Crippen LogP contribution in [-0.2, 0) is 0 Å². The normalized spacial score (nSPS) is 17.2. The van der Waals surface area contributed by atoms with Crippen LogP contribution >= 0.6 is 0 Å². The lowest BCUT2D eigenvalue weighted by atomic mass is 9.86. The topological polar surface area (TPSA) is 12.4 Å². The molecule has 0 fully saturated rings. The third-order valence-electron chi connectivity index (χ3n) is 2.72. The van der Waals surface area contributed by atoms with Gasteiger partial charge in [0.05, 0.1) is 6.04 Å². The minimum Gasteiger partial charge on any atom is -0.293 e. The summed E-state index contributed by atoms with van der Waals surface area (Å²) < 4.78 is 0. The lowest BCUT2D eigenvalue weighted by molar-refractivity contribution is 0.457. The largest absolute Gasteiger partial charge is 0.293 e. The average molecular weight is 181 g/mol. The fourth-order valence-electron chi connectivity index (χ4n) is 1.46. The number of rotatable bonds is 5. The van der Waals surface area contributed by atoms with Gasteiger partial charge in [0.15, 0.2) is 0 Å². The van der Waals surface area contributed by atoms with Gasteiger partial charge in [0.25, 0.3) is 0 Å². The molecule has 13 heavy (non-hydrogen) atoms. The molecule has 1 unspecified atom stereocenters. The lowest BCUT2D eigenvalue weighted by Gasteiger charge is -2.22. The zero-order valence-corrected chi connectivity index (χ0v) is 9.67. The number of hydrogen-bond donors (Lipinski definition) is 0. The van der Waals surface area contributed by atoms with E-state index in [0.29, 0.717) is 11.8 Å². The van der Waals surface area contributed by atoms with Crippen LogP contribution in [0.5, 0.6) is 0 Å². The van der Waals surface area contributed by atoms with E-state index in [1.165, 1.54) is 5.57 Å². The molecule has 1 heteroatoms. The van der Waals surface area contributed by atoms with Gasteiger partial charge in [0.1, 0.15) is 0 Å². The molecule has 0 bridgehead atoms. The summed E-state index contributed by atoms with van der Waals surface area (Å²) >= 11 is 0. The Morgan fingerprint density at radius 3 is 2.15 bits per heavy atom. The maximum absolute atomic E-state index is 4.09. The van der Waals surface area contributed by atoms with Gasteiger partial charge >= 0.3 is 0 Å². The quantitative estimate of drug-likeness (QED) is 0.453. The average Bonchev–Trinajstić information content (AvgIpc) is 2.11. The van der Waals surface area contributed by atoms with Crippen molar-refractivity contribution < 1.29 is 0 Å². The van der Waals surface area contributed by atoms with E-state index in [1.54, 1.807) is 0 Å². The van der Waals surface area contributed by atoms with Crippen molar-refractivity contribution in [3.63, 3.8) is 0 Å². The second-order valence-corrected chi connectivity index (χ2v) is 4.00. The van der Waals surface area contributed by atoms with Crippen LogP contribution in [0, 0.1) is 11.8 Å². The summed E-state index contributed by atoms with van der Waals surface area (Å²) in [5.74, 6) is 1.29. The van der Waals surface area contributed by atoms with E-state index in [9.17, 15) is 0 Å². The van der Waals surface area contributed by atoms with Gasteiger partial charge in [-0.25, -0.2) is 0 Å². The van der Waals surface area contributed by atoms with Crippen molar-refractivity contribution in [2.24, 2.45) is 16.8 Å². The minimum absolute atomic E-state index is 0.275. The first-order chi connectivity index (χ1) is 6.04. The van der Waals surface area contributed by atoms with Gasteiger partial charge in [0, 0.05) is 0 Å². The Hall–Kier alpha value is -0.590. The van der Waals surface area contributed by atoms with Crippen LogP contribution in [0.4, 0.5) is 0 Å². The first-order valence-electron chi connectivity index (χ1n) is 5.20. The molecule has 0 N–H and O–H groups in total. The van der Waals surface area contributed by atoms with E-state index in [1.807, 2.05) is 0 Å². The van der Waals surface area contributed by atoms with E-state index in [2.05, 4.69) is 52.4 Å². The molecule has 0 aromatic carbocycles. The Morgan fingerprint density at radius 2 is 1.85 bits per heavy atom. The summed E-state index contributed by atoms with van der Waals surface area (Å²) in [6.45, 7) is 14.7. The highest BCUT2D eigenvalue weighted by Gasteiger charge is 2.16. The van der Waals surface area contributed by atoms with Crippen LogP contribution < -0.4 is 0 Å². The van der Waals surface area contributed by atoms with Gasteiger partial charge < -0.3 is 0 Å². The molecule has 1 nitrogen and oxygen atoms in total. The zero-order chi connectivity index (χ0) is 10.4. The lowest BCUT2D eigenvalue weighted by Crippen LogP contribution is -2.15. The maximum atomic E-state index is 4.09. The van der Waals surface area contributed by atoms with Gasteiger partial charge in [0.2, 0.25) is 0 Å². The van der Waals surface area contributed by atoms with Crippen molar-refractivity contribution in [3.05, 3.63) is 11.6 Å². The standard InChI is InChI=1S/C12H23N/c1-7-8-12(11(5)13-6)10(4)9(2)3/h8-11H,6-7H2,1-5H3/b12-8+/t10?,11-/m1/s1. The molecular formula is C12H23N. The number of aliphatic imine (C=N–C) groups is 1. The third-order valence-corrected chi connectivity index (χ3v) is 2.72. The molecule has 0 aromatic heterocycles. The number of nitrogens with zero attached hydrogens (tertiary/aromatic N) is 1. The van der Waals surface area contributed by atoms with Crippen LogP contribution in [0.1, 0.15) is 41.0 Å². The summed E-state index contributed by atoms with van der Waals surface area (Å²) in [6, 6.07) is 0.275. The molecule has 0 saturated heterocycles. The number of allylic oxidation sites excluding steroid dienone is 1. The van der Waals surface area contributed by atoms with Crippen LogP contribution in [0.15, 0.2) is 16.6 Å². The Kier molecular flexibility index (Phi) is 5.68. The maximum Gasteiger partial charge on any atom is 0.0676 e. The Morgan fingerprint density at radius 1 is 1.31 bits per heavy atom. The predicted molar refractivity (Wildman–Crippen MR) is 61.4 cm³/mol. The highest BCUT2D eigenvalue weighted by Crippen LogP contribution is 2.24. The minimum atomic E-state index is 0.275. The van der Waals surface area contributed by atoms with Gasteiger partial charge in [-0.15, -0.1) is 0 Å². The van der Waals surface area contributed by atoms with Gasteiger partial charge in [-0.05, 0) is 37.5 Å². The van der Waals surface area contributed by atoms with Crippen molar-refractivity contribution in [1.82, 2.24) is 0 Å².